The number of aliphatic carboxylic acids is 1. The molecule has 9 heteroatoms. The number of thioether (sulfide) groups is 1. The van der Waals surface area contributed by atoms with Gasteiger partial charge in [0.05, 0.1) is 11.2 Å². The number of furan rings is 1. The highest BCUT2D eigenvalue weighted by molar-refractivity contribution is 8.18. The number of piperidine rings is 1. The quantitative estimate of drug-likeness (QED) is 0.726. The Morgan fingerprint density at radius 1 is 1.32 bits per heavy atom. The molecule has 2 fully saturated rings. The van der Waals surface area contributed by atoms with Crippen molar-refractivity contribution in [1.82, 2.24) is 9.80 Å². The Bertz CT molecular complexity index is 829. The minimum absolute atomic E-state index is 0.0639. The number of hydrogen-bond donors (Lipinski definition) is 1. The summed E-state index contributed by atoms with van der Waals surface area (Å²) in [7, 11) is 0. The Morgan fingerprint density at radius 2 is 2.14 bits per heavy atom. The highest BCUT2D eigenvalue weighted by Crippen LogP contribution is 2.31. The van der Waals surface area contributed by atoms with E-state index < -0.39 is 23.2 Å². The molecule has 3 amide bonds. The fraction of sp³-hybridized carbons (Fsp3) is 0.368. The number of likely N-dealkylation sites (tertiary alicyclic amines) is 1. The lowest BCUT2D eigenvalue weighted by atomic mass is 10.0. The smallest absolute Gasteiger partial charge is 0.326 e. The molecule has 0 aromatic carbocycles. The van der Waals surface area contributed by atoms with Gasteiger partial charge in [0, 0.05) is 19.5 Å². The van der Waals surface area contributed by atoms with E-state index in [1.807, 2.05) is 0 Å². The van der Waals surface area contributed by atoms with Gasteiger partial charge in [-0.15, -0.1) is 0 Å². The first-order valence-corrected chi connectivity index (χ1v) is 9.77. The summed E-state index contributed by atoms with van der Waals surface area (Å²) in [5.74, 6) is -1.21. The normalized spacial score (nSPS) is 21.9. The number of imide groups is 1. The van der Waals surface area contributed by atoms with Crippen LogP contribution in [0.5, 0.6) is 0 Å². The van der Waals surface area contributed by atoms with E-state index >= 15 is 0 Å². The molecule has 0 radical (unpaired) electrons. The van der Waals surface area contributed by atoms with Crippen LogP contribution < -0.4 is 0 Å². The highest BCUT2D eigenvalue weighted by Gasteiger charge is 2.36. The average Bonchev–Trinajstić information content (AvgIpc) is 3.29. The number of carbonyl (C=O) groups is 4. The van der Waals surface area contributed by atoms with Crippen LogP contribution in [0.15, 0.2) is 39.9 Å². The highest BCUT2D eigenvalue weighted by atomic mass is 32.2. The summed E-state index contributed by atoms with van der Waals surface area (Å²) in [5.41, 5.74) is 0. The van der Waals surface area contributed by atoms with Crippen LogP contribution in [0.1, 0.15) is 31.4 Å². The van der Waals surface area contributed by atoms with Crippen molar-refractivity contribution < 1.29 is 28.7 Å². The lowest BCUT2D eigenvalue weighted by Gasteiger charge is -2.33. The van der Waals surface area contributed by atoms with Crippen molar-refractivity contribution >= 4 is 40.9 Å². The summed E-state index contributed by atoms with van der Waals surface area (Å²) in [4.78, 5) is 50.9. The lowest BCUT2D eigenvalue weighted by Crippen LogP contribution is -2.48. The number of carbonyl (C=O) groups excluding carboxylic acids is 3. The topological polar surface area (TPSA) is 108 Å². The summed E-state index contributed by atoms with van der Waals surface area (Å²) in [5, 5.41) is 8.83. The number of amides is 3. The van der Waals surface area contributed by atoms with Crippen LogP contribution in [0.3, 0.4) is 0 Å². The standard InChI is InChI=1S/C19H20N2O6S/c22-16(20-10-2-1-7-14(20)18(24)25)9-11-21-17(23)15(28-19(21)26)8-3-5-13-6-4-12-27-13/h3-6,8,12,14H,1-2,7,9-11H2,(H,24,25). The molecule has 1 atom stereocenters. The Hall–Kier alpha value is -2.81. The zero-order chi connectivity index (χ0) is 20.1. The number of hydrogen-bond acceptors (Lipinski definition) is 6. The zero-order valence-electron chi connectivity index (χ0n) is 15.1. The first-order chi connectivity index (χ1) is 13.5. The van der Waals surface area contributed by atoms with E-state index in [0.717, 1.165) is 29.5 Å². The lowest BCUT2D eigenvalue weighted by molar-refractivity contribution is -0.152. The predicted octanol–water partition coefficient (Wildman–Crippen LogP) is 2.73. The van der Waals surface area contributed by atoms with Gasteiger partial charge in [0.25, 0.3) is 11.1 Å². The summed E-state index contributed by atoms with van der Waals surface area (Å²) in [6, 6.07) is 2.66. The molecule has 1 aromatic rings. The van der Waals surface area contributed by atoms with E-state index in [-0.39, 0.29) is 23.8 Å². The number of nitrogens with zero attached hydrogens (tertiary/aromatic N) is 2. The molecule has 8 nitrogen and oxygen atoms in total. The van der Waals surface area contributed by atoms with E-state index in [9.17, 15) is 24.3 Å². The van der Waals surface area contributed by atoms with E-state index in [2.05, 4.69) is 0 Å². The second-order valence-corrected chi connectivity index (χ2v) is 7.41. The third-order valence-electron chi connectivity index (χ3n) is 4.58. The molecule has 0 bridgehead atoms. The van der Waals surface area contributed by atoms with Crippen molar-refractivity contribution in [3.8, 4) is 0 Å². The van der Waals surface area contributed by atoms with Gasteiger partial charge in [-0.1, -0.05) is 6.08 Å². The molecule has 0 aliphatic carbocycles. The minimum atomic E-state index is -1.02. The van der Waals surface area contributed by atoms with E-state index in [1.165, 1.54) is 17.2 Å². The molecule has 2 aliphatic rings. The van der Waals surface area contributed by atoms with Gasteiger partial charge in [0.2, 0.25) is 5.91 Å². The third-order valence-corrected chi connectivity index (χ3v) is 5.51. The third kappa shape index (κ3) is 4.53. The molecule has 2 aliphatic heterocycles. The summed E-state index contributed by atoms with van der Waals surface area (Å²) < 4.78 is 5.15. The van der Waals surface area contributed by atoms with E-state index in [0.29, 0.717) is 18.7 Å². The second kappa shape index (κ2) is 8.92. The molecule has 28 heavy (non-hydrogen) atoms. The van der Waals surface area contributed by atoms with Gasteiger partial charge in [-0.2, -0.15) is 0 Å². The first-order valence-electron chi connectivity index (χ1n) is 8.95. The Labute approximate surface area is 165 Å². The second-order valence-electron chi connectivity index (χ2n) is 6.42. The molecular weight excluding hydrogens is 384 g/mol. The number of allylic oxidation sites excluding steroid dienone is 2. The Kier molecular flexibility index (Phi) is 6.35. The van der Waals surface area contributed by atoms with Crippen molar-refractivity contribution in [1.29, 1.82) is 0 Å². The van der Waals surface area contributed by atoms with Gasteiger partial charge in [-0.3, -0.25) is 19.3 Å². The van der Waals surface area contributed by atoms with Gasteiger partial charge < -0.3 is 14.4 Å². The fourth-order valence-corrected chi connectivity index (χ4v) is 3.98. The van der Waals surface area contributed by atoms with Crippen LogP contribution in [0, 0.1) is 0 Å². The SMILES string of the molecule is O=C(O)C1CCCCN1C(=O)CCN1C(=O)SC(=CC=Cc2ccco2)C1=O. The van der Waals surface area contributed by atoms with Crippen LogP contribution >= 0.6 is 11.8 Å². The molecule has 2 saturated heterocycles. The van der Waals surface area contributed by atoms with Gasteiger partial charge in [-0.05, 0) is 55.3 Å². The largest absolute Gasteiger partial charge is 0.480 e. The molecule has 0 saturated carbocycles. The van der Waals surface area contributed by atoms with Crippen molar-refractivity contribution in [3.63, 3.8) is 0 Å². The van der Waals surface area contributed by atoms with Crippen LogP contribution in [0.4, 0.5) is 4.79 Å². The maximum Gasteiger partial charge on any atom is 0.326 e. The molecule has 3 heterocycles. The van der Waals surface area contributed by atoms with Crippen molar-refractivity contribution in [2.75, 3.05) is 13.1 Å². The molecule has 1 N–H and O–H groups in total. The monoisotopic (exact) mass is 404 g/mol. The van der Waals surface area contributed by atoms with Gasteiger partial charge in [0.15, 0.2) is 0 Å². The maximum absolute atomic E-state index is 12.4. The van der Waals surface area contributed by atoms with Gasteiger partial charge in [0.1, 0.15) is 11.8 Å². The van der Waals surface area contributed by atoms with E-state index in [1.54, 1.807) is 24.3 Å². The number of carboxylic acids is 1. The zero-order valence-corrected chi connectivity index (χ0v) is 15.9. The van der Waals surface area contributed by atoms with Crippen LogP contribution in [0.2, 0.25) is 0 Å². The molecular formula is C19H20N2O6S. The molecule has 1 unspecified atom stereocenters. The molecule has 1 aromatic heterocycles. The molecule has 148 valence electrons. The van der Waals surface area contributed by atoms with Gasteiger partial charge >= 0.3 is 5.97 Å². The summed E-state index contributed by atoms with van der Waals surface area (Å²) in [6.07, 6.45) is 8.20. The average molecular weight is 404 g/mol. The van der Waals surface area contributed by atoms with Crippen LogP contribution in [-0.4, -0.2) is 57.1 Å². The van der Waals surface area contributed by atoms with Gasteiger partial charge in [-0.25, -0.2) is 4.79 Å². The van der Waals surface area contributed by atoms with Crippen molar-refractivity contribution in [2.24, 2.45) is 0 Å². The van der Waals surface area contributed by atoms with Crippen molar-refractivity contribution in [3.05, 3.63) is 41.2 Å². The fourth-order valence-electron chi connectivity index (χ4n) is 3.16. The van der Waals surface area contributed by atoms with Crippen molar-refractivity contribution in [2.45, 2.75) is 31.7 Å². The number of rotatable bonds is 6. The summed E-state index contributed by atoms with van der Waals surface area (Å²) in [6.45, 7) is 0.320. The summed E-state index contributed by atoms with van der Waals surface area (Å²) >= 11 is 0.809. The van der Waals surface area contributed by atoms with E-state index in [4.69, 9.17) is 4.42 Å². The van der Waals surface area contributed by atoms with Crippen LogP contribution in [0.25, 0.3) is 6.08 Å². The predicted molar refractivity (Wildman–Crippen MR) is 102 cm³/mol. The minimum Gasteiger partial charge on any atom is -0.480 e. The van der Waals surface area contributed by atoms with Crippen LogP contribution in [-0.2, 0) is 14.4 Å². The molecule has 0 spiro atoms. The number of carboxylic acid groups (broad SMARTS) is 1. The molecule has 3 rings (SSSR count). The Morgan fingerprint density at radius 3 is 2.86 bits per heavy atom. The maximum atomic E-state index is 12.4. The Balaban J connectivity index is 1.58. The first kappa shape index (κ1) is 19.9.